The summed E-state index contributed by atoms with van der Waals surface area (Å²) in [5, 5.41) is 10.8. The van der Waals surface area contributed by atoms with Crippen LogP contribution in [0.2, 0.25) is 0 Å². The van der Waals surface area contributed by atoms with Crippen molar-refractivity contribution in [2.45, 2.75) is 155 Å². The molecule has 38 heavy (non-hydrogen) atoms. The van der Waals surface area contributed by atoms with Crippen LogP contribution in [0.25, 0.3) is 0 Å². The molecule has 218 valence electrons. The molecule has 0 bridgehead atoms. The van der Waals surface area contributed by atoms with Gasteiger partial charge in [0, 0.05) is 12.5 Å². The smallest absolute Gasteiger partial charge is 0.307 e. The number of rotatable bonds is 24. The van der Waals surface area contributed by atoms with E-state index in [-0.39, 0.29) is 12.5 Å². The van der Waals surface area contributed by atoms with Crippen LogP contribution in [-0.2, 0) is 14.3 Å². The van der Waals surface area contributed by atoms with Gasteiger partial charge >= 0.3 is 5.97 Å². The highest BCUT2D eigenvalue weighted by molar-refractivity contribution is 5.69. The summed E-state index contributed by atoms with van der Waals surface area (Å²) in [6, 6.07) is 3.01. The van der Waals surface area contributed by atoms with E-state index in [4.69, 9.17) is 4.74 Å². The maximum Gasteiger partial charge on any atom is 0.307 e. The fourth-order valence-corrected chi connectivity index (χ4v) is 4.95. The first-order valence-electron chi connectivity index (χ1n) is 15.7. The predicted molar refractivity (Wildman–Crippen MR) is 154 cm³/mol. The average Bonchev–Trinajstić information content (AvgIpc) is 2.87. The highest BCUT2D eigenvalue weighted by Gasteiger charge is 2.18. The van der Waals surface area contributed by atoms with E-state index in [1.54, 1.807) is 15.7 Å². The van der Waals surface area contributed by atoms with Gasteiger partial charge in [-0.25, -0.2) is 4.58 Å². The van der Waals surface area contributed by atoms with Crippen LogP contribution in [0.5, 0.6) is 0 Å². The normalized spacial score (nSPS) is 14.2. The molecule has 1 aliphatic rings. The predicted octanol–water partition coefficient (Wildman–Crippen LogP) is 6.20. The lowest BCUT2D eigenvalue weighted by Gasteiger charge is -2.25. The van der Waals surface area contributed by atoms with Crippen LogP contribution in [0.15, 0.2) is 0 Å². The summed E-state index contributed by atoms with van der Waals surface area (Å²) >= 11 is 0. The van der Waals surface area contributed by atoms with Crippen molar-refractivity contribution in [1.29, 1.82) is 0 Å². The molecule has 6 nitrogen and oxygen atoms in total. The Labute approximate surface area is 233 Å². The molecule has 1 heterocycles. The second-order valence-corrected chi connectivity index (χ2v) is 10.9. The van der Waals surface area contributed by atoms with Crippen molar-refractivity contribution in [2.24, 2.45) is 0 Å². The molecule has 0 fully saturated rings. The Kier molecular flexibility index (Phi) is 21.5. The first kappa shape index (κ1) is 34.0. The molecule has 0 spiro atoms. The third-order valence-electron chi connectivity index (χ3n) is 7.36. The molecule has 6 heteroatoms. The number of nitrogens with zero attached hydrogens (tertiary/aromatic N) is 2. The van der Waals surface area contributed by atoms with Crippen molar-refractivity contribution in [1.82, 2.24) is 4.90 Å². The van der Waals surface area contributed by atoms with Crippen LogP contribution in [0.1, 0.15) is 149 Å². The maximum absolute atomic E-state index is 12.2. The number of hydrogen-bond acceptors (Lipinski definition) is 5. The summed E-state index contributed by atoms with van der Waals surface area (Å²) in [6.07, 6.45) is 27.6. The molecule has 0 radical (unpaired) electrons. The Bertz CT molecular complexity index is 710. The van der Waals surface area contributed by atoms with Crippen LogP contribution < -0.4 is 5.11 Å². The minimum absolute atomic E-state index is 0.150. The summed E-state index contributed by atoms with van der Waals surface area (Å²) < 4.78 is 7.25. The Balaban J connectivity index is 1.91. The number of carboxylic acids is 1. The minimum Gasteiger partial charge on any atom is -0.544 e. The number of ether oxygens (including phenoxy) is 1. The number of hydrogen-bond donors (Lipinski definition) is 0. The van der Waals surface area contributed by atoms with E-state index in [9.17, 15) is 14.7 Å². The van der Waals surface area contributed by atoms with Gasteiger partial charge in [-0.1, -0.05) is 128 Å². The van der Waals surface area contributed by atoms with E-state index in [2.05, 4.69) is 18.9 Å². The standard InChI is InChI=1S/C32H56N2O4/c1-3-4-5-6-7-8-9-10-11-12-13-14-15-16-17-18-19-20-21-24-32(37)38-30(2)34-26-23-22-25-33(27-28-34)29-31(35)36/h25,30H,3-22,24,27-29H2,1-2H3. The molecule has 1 rings (SSSR count). The molecule has 0 amide bonds. The second-order valence-electron chi connectivity index (χ2n) is 10.9. The molecule has 0 saturated carbocycles. The zero-order valence-electron chi connectivity index (χ0n) is 24.7. The molecule has 1 unspecified atom stereocenters. The van der Waals surface area contributed by atoms with Gasteiger partial charge in [-0.2, -0.15) is 0 Å². The molecule has 1 atom stereocenters. The number of aliphatic carboxylic acids is 1. The molecule has 0 aromatic heterocycles. The van der Waals surface area contributed by atoms with E-state index in [1.807, 2.05) is 6.92 Å². The SMILES string of the molecule is CCCCCCCCCCCCCCCCCCCCCC(=O)OC(C)N1C#CCC=[N+](CC(=O)[O-])CC1. The van der Waals surface area contributed by atoms with Crippen LogP contribution in [0.4, 0.5) is 0 Å². The van der Waals surface area contributed by atoms with Crippen molar-refractivity contribution in [3.63, 3.8) is 0 Å². The van der Waals surface area contributed by atoms with Crippen molar-refractivity contribution >= 4 is 18.2 Å². The van der Waals surface area contributed by atoms with E-state index >= 15 is 0 Å². The van der Waals surface area contributed by atoms with Crippen molar-refractivity contribution in [3.8, 4) is 12.0 Å². The highest BCUT2D eigenvalue weighted by Crippen LogP contribution is 2.15. The van der Waals surface area contributed by atoms with Gasteiger partial charge in [0.25, 0.3) is 0 Å². The Hall–Kier alpha value is -2.03. The lowest BCUT2D eigenvalue weighted by Crippen LogP contribution is -2.40. The number of carbonyl (C=O) groups excluding carboxylic acids is 2. The number of esters is 1. The van der Waals surface area contributed by atoms with Gasteiger partial charge in [-0.05, 0) is 13.3 Å². The second kappa shape index (κ2) is 24.0. The Morgan fingerprint density at radius 1 is 0.842 bits per heavy atom. The molecular weight excluding hydrogens is 476 g/mol. The van der Waals surface area contributed by atoms with Gasteiger partial charge < -0.3 is 14.6 Å². The van der Waals surface area contributed by atoms with Crippen LogP contribution >= 0.6 is 0 Å². The fourth-order valence-electron chi connectivity index (χ4n) is 4.95. The van der Waals surface area contributed by atoms with Crippen molar-refractivity contribution < 1.29 is 24.0 Å². The van der Waals surface area contributed by atoms with Crippen LogP contribution in [-0.4, -0.2) is 53.5 Å². The van der Waals surface area contributed by atoms with Gasteiger partial charge in [0.15, 0.2) is 25.5 Å². The van der Waals surface area contributed by atoms with Crippen LogP contribution in [0, 0.1) is 12.0 Å². The topological polar surface area (TPSA) is 72.7 Å². The van der Waals surface area contributed by atoms with Crippen molar-refractivity contribution in [3.05, 3.63) is 0 Å². The molecule has 0 aromatic carbocycles. The first-order chi connectivity index (χ1) is 18.5. The number of carboxylic acid groups (broad SMARTS) is 1. The Morgan fingerprint density at radius 2 is 1.32 bits per heavy atom. The maximum atomic E-state index is 12.2. The summed E-state index contributed by atoms with van der Waals surface area (Å²) in [5.41, 5.74) is 0. The largest absolute Gasteiger partial charge is 0.544 e. The summed E-state index contributed by atoms with van der Waals surface area (Å²) in [4.78, 5) is 24.9. The number of carbonyl (C=O) groups is 2. The molecular formula is C32H56N2O4. The van der Waals surface area contributed by atoms with Gasteiger partial charge in [-0.15, -0.1) is 0 Å². The lowest BCUT2D eigenvalue weighted by molar-refractivity contribution is -0.525. The monoisotopic (exact) mass is 532 g/mol. The van der Waals surface area contributed by atoms with E-state index in [0.29, 0.717) is 25.9 Å². The Morgan fingerprint density at radius 3 is 1.79 bits per heavy atom. The van der Waals surface area contributed by atoms with Gasteiger partial charge in [0.1, 0.15) is 5.97 Å². The zero-order chi connectivity index (χ0) is 27.7. The van der Waals surface area contributed by atoms with Gasteiger partial charge in [0.05, 0.1) is 13.0 Å². The van der Waals surface area contributed by atoms with E-state index < -0.39 is 12.2 Å². The lowest BCUT2D eigenvalue weighted by atomic mass is 10.0. The zero-order valence-corrected chi connectivity index (χ0v) is 24.7. The summed E-state index contributed by atoms with van der Waals surface area (Å²) in [6.45, 7) is 4.96. The van der Waals surface area contributed by atoms with Gasteiger partial charge in [0.2, 0.25) is 0 Å². The van der Waals surface area contributed by atoms with E-state index in [0.717, 1.165) is 12.8 Å². The van der Waals surface area contributed by atoms with Crippen LogP contribution in [0.3, 0.4) is 0 Å². The first-order valence-corrected chi connectivity index (χ1v) is 15.7. The van der Waals surface area contributed by atoms with Crippen molar-refractivity contribution in [2.75, 3.05) is 19.6 Å². The highest BCUT2D eigenvalue weighted by atomic mass is 16.6. The number of unbranched alkanes of at least 4 members (excludes halogenated alkanes) is 18. The molecule has 1 aliphatic heterocycles. The third kappa shape index (κ3) is 20.0. The molecule has 0 aliphatic carbocycles. The summed E-state index contributed by atoms with van der Waals surface area (Å²) in [7, 11) is 0. The minimum atomic E-state index is -1.11. The quantitative estimate of drug-likeness (QED) is 0.0641. The van der Waals surface area contributed by atoms with Gasteiger partial charge in [-0.3, -0.25) is 9.69 Å². The average molecular weight is 533 g/mol. The molecule has 0 saturated heterocycles. The fraction of sp³-hybridized carbons (Fsp3) is 0.844. The van der Waals surface area contributed by atoms with E-state index in [1.165, 1.54) is 109 Å². The summed E-state index contributed by atoms with van der Waals surface area (Å²) in [5.74, 6) is 1.68. The molecule has 0 aromatic rings. The third-order valence-corrected chi connectivity index (χ3v) is 7.36. The molecule has 0 N–H and O–H groups in total.